The quantitative estimate of drug-likeness (QED) is 0.873. The Morgan fingerprint density at radius 1 is 1.14 bits per heavy atom. The van der Waals surface area contributed by atoms with Crippen LogP contribution in [0, 0.1) is 5.41 Å². The fourth-order valence-electron chi connectivity index (χ4n) is 4.04. The third kappa shape index (κ3) is 2.38. The Morgan fingerprint density at radius 2 is 2.05 bits per heavy atom. The molecule has 110 valence electrons. The normalized spacial score (nSPS) is 26.4. The van der Waals surface area contributed by atoms with Crippen molar-refractivity contribution in [3.8, 4) is 0 Å². The van der Waals surface area contributed by atoms with Gasteiger partial charge in [-0.1, -0.05) is 18.2 Å². The van der Waals surface area contributed by atoms with Crippen molar-refractivity contribution in [1.29, 1.82) is 0 Å². The van der Waals surface area contributed by atoms with Gasteiger partial charge in [-0.15, -0.1) is 0 Å². The average Bonchev–Trinajstić information content (AvgIpc) is 2.55. The Kier molecular flexibility index (Phi) is 3.26. The van der Waals surface area contributed by atoms with Gasteiger partial charge in [0, 0.05) is 30.4 Å². The highest BCUT2D eigenvalue weighted by molar-refractivity contribution is 5.90. The standard InChI is InChI=1S/C17H22N4/c1-2-6-15-14(5-1)16(11-19-20-15)21-10-4-8-17(13-21)7-3-9-18-12-17/h1-2,5-6,11,18H,3-4,7-10,12-13H2. The lowest BCUT2D eigenvalue weighted by Gasteiger charge is -2.46. The van der Waals surface area contributed by atoms with E-state index in [9.17, 15) is 0 Å². The second kappa shape index (κ2) is 5.26. The zero-order chi connectivity index (χ0) is 14.1. The van der Waals surface area contributed by atoms with Gasteiger partial charge < -0.3 is 10.2 Å². The van der Waals surface area contributed by atoms with Crippen molar-refractivity contribution in [1.82, 2.24) is 15.5 Å². The molecule has 3 heterocycles. The first-order valence-electron chi connectivity index (χ1n) is 8.03. The van der Waals surface area contributed by atoms with Crippen LogP contribution >= 0.6 is 0 Å². The van der Waals surface area contributed by atoms with Crippen LogP contribution in [0.25, 0.3) is 10.9 Å². The van der Waals surface area contributed by atoms with E-state index in [-0.39, 0.29) is 0 Å². The van der Waals surface area contributed by atoms with Crippen molar-refractivity contribution in [2.45, 2.75) is 25.7 Å². The fourth-order valence-corrected chi connectivity index (χ4v) is 4.04. The van der Waals surface area contributed by atoms with E-state index in [0.717, 1.165) is 18.6 Å². The van der Waals surface area contributed by atoms with Gasteiger partial charge in [0.05, 0.1) is 17.4 Å². The van der Waals surface area contributed by atoms with E-state index >= 15 is 0 Å². The summed E-state index contributed by atoms with van der Waals surface area (Å²) in [4.78, 5) is 2.54. The summed E-state index contributed by atoms with van der Waals surface area (Å²) in [6.45, 7) is 4.63. The van der Waals surface area contributed by atoms with E-state index in [2.05, 4.69) is 32.5 Å². The summed E-state index contributed by atoms with van der Waals surface area (Å²) in [5.41, 5.74) is 2.71. The summed E-state index contributed by atoms with van der Waals surface area (Å²) in [5, 5.41) is 13.3. The van der Waals surface area contributed by atoms with E-state index in [4.69, 9.17) is 0 Å². The van der Waals surface area contributed by atoms with Gasteiger partial charge >= 0.3 is 0 Å². The van der Waals surface area contributed by atoms with Crippen LogP contribution in [0.15, 0.2) is 30.5 Å². The van der Waals surface area contributed by atoms with Crippen LogP contribution in [0.3, 0.4) is 0 Å². The van der Waals surface area contributed by atoms with Gasteiger partial charge in [-0.2, -0.15) is 10.2 Å². The summed E-state index contributed by atoms with van der Waals surface area (Å²) < 4.78 is 0. The first kappa shape index (κ1) is 13.0. The molecule has 1 N–H and O–H groups in total. The van der Waals surface area contributed by atoms with E-state index in [1.54, 1.807) is 0 Å². The molecule has 2 fully saturated rings. The van der Waals surface area contributed by atoms with Crippen molar-refractivity contribution in [2.24, 2.45) is 5.41 Å². The molecule has 1 aromatic carbocycles. The molecule has 0 bridgehead atoms. The van der Waals surface area contributed by atoms with E-state index in [1.807, 2.05) is 18.3 Å². The third-order valence-corrected chi connectivity index (χ3v) is 5.09. The van der Waals surface area contributed by atoms with Gasteiger partial charge in [0.25, 0.3) is 0 Å². The molecule has 1 spiro atoms. The molecule has 4 heteroatoms. The maximum absolute atomic E-state index is 4.25. The number of aromatic nitrogens is 2. The number of anilines is 1. The smallest absolute Gasteiger partial charge is 0.0950 e. The highest BCUT2D eigenvalue weighted by atomic mass is 15.2. The van der Waals surface area contributed by atoms with Gasteiger partial charge in [-0.05, 0) is 38.3 Å². The fraction of sp³-hybridized carbons (Fsp3) is 0.529. The summed E-state index contributed by atoms with van der Waals surface area (Å²) in [7, 11) is 0. The second-order valence-corrected chi connectivity index (χ2v) is 6.55. The maximum Gasteiger partial charge on any atom is 0.0950 e. The molecule has 0 saturated carbocycles. The van der Waals surface area contributed by atoms with Gasteiger partial charge in [-0.25, -0.2) is 0 Å². The number of nitrogens with zero attached hydrogens (tertiary/aromatic N) is 3. The molecular weight excluding hydrogens is 260 g/mol. The highest BCUT2D eigenvalue weighted by Gasteiger charge is 2.36. The monoisotopic (exact) mass is 282 g/mol. The molecule has 4 nitrogen and oxygen atoms in total. The zero-order valence-corrected chi connectivity index (χ0v) is 12.4. The Balaban J connectivity index is 1.68. The Morgan fingerprint density at radius 3 is 2.95 bits per heavy atom. The van der Waals surface area contributed by atoms with Crippen LogP contribution in [-0.4, -0.2) is 36.4 Å². The molecule has 1 unspecified atom stereocenters. The van der Waals surface area contributed by atoms with Crippen LogP contribution in [-0.2, 0) is 0 Å². The highest BCUT2D eigenvalue weighted by Crippen LogP contribution is 2.38. The van der Waals surface area contributed by atoms with Crippen molar-refractivity contribution in [3.05, 3.63) is 30.5 Å². The number of rotatable bonds is 1. The summed E-state index contributed by atoms with van der Waals surface area (Å²) in [6.07, 6.45) is 7.24. The van der Waals surface area contributed by atoms with Gasteiger partial charge in [0.2, 0.25) is 0 Å². The van der Waals surface area contributed by atoms with Crippen LogP contribution in [0.5, 0.6) is 0 Å². The van der Waals surface area contributed by atoms with Crippen molar-refractivity contribution < 1.29 is 0 Å². The van der Waals surface area contributed by atoms with Crippen molar-refractivity contribution in [3.63, 3.8) is 0 Å². The number of hydrogen-bond donors (Lipinski definition) is 1. The number of benzene rings is 1. The molecule has 1 atom stereocenters. The Labute approximate surface area is 125 Å². The van der Waals surface area contributed by atoms with Gasteiger partial charge in [0.1, 0.15) is 0 Å². The summed E-state index contributed by atoms with van der Waals surface area (Å²) in [5.74, 6) is 0. The van der Waals surface area contributed by atoms with E-state index < -0.39 is 0 Å². The molecule has 0 aliphatic carbocycles. The minimum Gasteiger partial charge on any atom is -0.369 e. The minimum atomic E-state index is 0.459. The zero-order valence-electron chi connectivity index (χ0n) is 12.4. The van der Waals surface area contributed by atoms with Gasteiger partial charge in [-0.3, -0.25) is 0 Å². The van der Waals surface area contributed by atoms with Crippen molar-refractivity contribution >= 4 is 16.6 Å². The number of hydrogen-bond acceptors (Lipinski definition) is 4. The lowest BCUT2D eigenvalue weighted by molar-refractivity contribution is 0.173. The molecule has 0 amide bonds. The van der Waals surface area contributed by atoms with Crippen LogP contribution in [0.1, 0.15) is 25.7 Å². The maximum atomic E-state index is 4.25. The van der Waals surface area contributed by atoms with Crippen molar-refractivity contribution in [2.75, 3.05) is 31.1 Å². The predicted molar refractivity (Wildman–Crippen MR) is 85.5 cm³/mol. The molecule has 2 aliphatic rings. The second-order valence-electron chi connectivity index (χ2n) is 6.55. The molecule has 21 heavy (non-hydrogen) atoms. The van der Waals surface area contributed by atoms with E-state index in [0.29, 0.717) is 5.41 Å². The number of nitrogens with one attached hydrogen (secondary N) is 1. The molecule has 2 aliphatic heterocycles. The van der Waals surface area contributed by atoms with Crippen LogP contribution in [0.2, 0.25) is 0 Å². The predicted octanol–water partition coefficient (Wildman–Crippen LogP) is 2.60. The topological polar surface area (TPSA) is 41.0 Å². The van der Waals surface area contributed by atoms with Gasteiger partial charge in [0.15, 0.2) is 0 Å². The Bertz CT molecular complexity index is 623. The minimum absolute atomic E-state index is 0.459. The van der Waals surface area contributed by atoms with Crippen LogP contribution < -0.4 is 10.2 Å². The summed E-state index contributed by atoms with van der Waals surface area (Å²) >= 11 is 0. The Hall–Kier alpha value is -1.68. The van der Waals surface area contributed by atoms with E-state index in [1.165, 1.54) is 49.8 Å². The molecule has 0 radical (unpaired) electrons. The lowest BCUT2D eigenvalue weighted by Crippen LogP contribution is -2.51. The lowest BCUT2D eigenvalue weighted by atomic mass is 9.74. The number of piperidine rings is 2. The average molecular weight is 282 g/mol. The number of fused-ring (bicyclic) bond motifs is 1. The first-order chi connectivity index (χ1) is 10.4. The molecule has 4 rings (SSSR count). The third-order valence-electron chi connectivity index (χ3n) is 5.09. The molecular formula is C17H22N4. The SMILES string of the molecule is c1ccc2c(N3CCCC4(CCCNC4)C3)cnnc2c1. The summed E-state index contributed by atoms with van der Waals surface area (Å²) in [6, 6.07) is 8.34. The molecule has 2 saturated heterocycles. The first-order valence-corrected chi connectivity index (χ1v) is 8.03. The molecule has 1 aromatic heterocycles. The van der Waals surface area contributed by atoms with Crippen LogP contribution in [0.4, 0.5) is 5.69 Å². The largest absolute Gasteiger partial charge is 0.369 e. The molecule has 2 aromatic rings.